The molecule has 0 saturated carbocycles. The molecular weight excluding hydrogens is 382 g/mol. The Bertz CT molecular complexity index is 1330. The first-order chi connectivity index (χ1) is 14.7. The molecule has 0 saturated heterocycles. The lowest BCUT2D eigenvalue weighted by molar-refractivity contribution is 0.174. The number of ether oxygens (including phenoxy) is 3. The molecular formula is C23H17N3O4. The molecule has 148 valence electrons. The van der Waals surface area contributed by atoms with E-state index in [1.165, 1.54) is 4.68 Å². The minimum Gasteiger partial charge on any atom is -0.496 e. The lowest BCUT2D eigenvalue weighted by Gasteiger charge is -2.10. The second kappa shape index (κ2) is 7.36. The van der Waals surface area contributed by atoms with Gasteiger partial charge in [-0.3, -0.25) is 4.79 Å². The van der Waals surface area contributed by atoms with Crippen LogP contribution in [0.15, 0.2) is 76.6 Å². The third-order valence-corrected chi connectivity index (χ3v) is 4.82. The molecule has 30 heavy (non-hydrogen) atoms. The zero-order chi connectivity index (χ0) is 20.5. The fraction of sp³-hybridized carbons (Fsp3) is 0.0870. The van der Waals surface area contributed by atoms with Gasteiger partial charge in [-0.25, -0.2) is 4.98 Å². The number of methoxy groups -OCH3 is 1. The van der Waals surface area contributed by atoms with Gasteiger partial charge in [-0.1, -0.05) is 42.5 Å². The number of benzene rings is 3. The molecule has 0 unspecified atom stereocenters. The lowest BCUT2D eigenvalue weighted by Crippen LogP contribution is -2.20. The van der Waals surface area contributed by atoms with Crippen LogP contribution in [0.2, 0.25) is 0 Å². The Morgan fingerprint density at radius 1 is 1.03 bits per heavy atom. The van der Waals surface area contributed by atoms with E-state index in [9.17, 15) is 4.79 Å². The summed E-state index contributed by atoms with van der Waals surface area (Å²) in [5.41, 5.74) is 1.81. The molecule has 0 radical (unpaired) electrons. The first-order valence-corrected chi connectivity index (χ1v) is 9.34. The number of hydrogen-bond acceptors (Lipinski definition) is 6. The van der Waals surface area contributed by atoms with E-state index in [0.717, 1.165) is 5.56 Å². The largest absolute Gasteiger partial charge is 0.496 e. The van der Waals surface area contributed by atoms with Crippen molar-refractivity contribution in [3.05, 3.63) is 82.6 Å². The van der Waals surface area contributed by atoms with Crippen LogP contribution < -0.4 is 19.8 Å². The van der Waals surface area contributed by atoms with E-state index in [4.69, 9.17) is 19.2 Å². The first kappa shape index (κ1) is 17.9. The van der Waals surface area contributed by atoms with Gasteiger partial charge in [0, 0.05) is 17.2 Å². The molecule has 0 aliphatic carbocycles. The zero-order valence-electron chi connectivity index (χ0n) is 16.1. The summed E-state index contributed by atoms with van der Waals surface area (Å²) >= 11 is 0. The minimum absolute atomic E-state index is 0.158. The highest BCUT2D eigenvalue weighted by molar-refractivity contribution is 5.86. The molecule has 7 heteroatoms. The predicted molar refractivity (Wildman–Crippen MR) is 114 cm³/mol. The SMILES string of the molecule is COc1cc2c(cc1C=Nn1c(-c3ccccc3)nc3ccccc3c1=O)OCO2. The molecule has 0 spiro atoms. The van der Waals surface area contributed by atoms with E-state index in [0.29, 0.717) is 39.5 Å². The molecule has 0 N–H and O–H groups in total. The maximum absolute atomic E-state index is 13.2. The van der Waals surface area contributed by atoms with E-state index in [-0.39, 0.29) is 12.4 Å². The van der Waals surface area contributed by atoms with Gasteiger partial charge < -0.3 is 14.2 Å². The average molecular weight is 399 g/mol. The fourth-order valence-corrected chi connectivity index (χ4v) is 3.34. The van der Waals surface area contributed by atoms with Crippen molar-refractivity contribution in [2.24, 2.45) is 5.10 Å². The number of hydrogen-bond donors (Lipinski definition) is 0. The number of aromatic nitrogens is 2. The summed E-state index contributed by atoms with van der Waals surface area (Å²) in [6.45, 7) is 0.158. The first-order valence-electron chi connectivity index (χ1n) is 9.34. The molecule has 1 aliphatic rings. The summed E-state index contributed by atoms with van der Waals surface area (Å²) in [5.74, 6) is 2.23. The third kappa shape index (κ3) is 3.06. The Balaban J connectivity index is 1.69. The molecule has 0 atom stereocenters. The zero-order valence-corrected chi connectivity index (χ0v) is 16.1. The summed E-state index contributed by atoms with van der Waals surface area (Å²) < 4.78 is 17.6. The van der Waals surface area contributed by atoms with Crippen molar-refractivity contribution < 1.29 is 14.2 Å². The van der Waals surface area contributed by atoms with Crippen LogP contribution in [0.3, 0.4) is 0 Å². The minimum atomic E-state index is -0.254. The Morgan fingerprint density at radius 2 is 1.77 bits per heavy atom. The van der Waals surface area contributed by atoms with Gasteiger partial charge in [0.25, 0.3) is 5.56 Å². The van der Waals surface area contributed by atoms with Crippen molar-refractivity contribution in [2.75, 3.05) is 13.9 Å². The van der Waals surface area contributed by atoms with E-state index in [1.54, 1.807) is 31.5 Å². The fourth-order valence-electron chi connectivity index (χ4n) is 3.34. The van der Waals surface area contributed by atoms with Crippen LogP contribution in [0.1, 0.15) is 5.56 Å². The molecule has 1 aromatic heterocycles. The van der Waals surface area contributed by atoms with Gasteiger partial charge in [-0.2, -0.15) is 9.78 Å². The molecule has 7 nitrogen and oxygen atoms in total. The molecule has 1 aliphatic heterocycles. The van der Waals surface area contributed by atoms with Crippen molar-refractivity contribution in [1.29, 1.82) is 0 Å². The Hall–Kier alpha value is -4.13. The van der Waals surface area contributed by atoms with Gasteiger partial charge in [0.1, 0.15) is 5.75 Å². The second-order valence-corrected chi connectivity index (χ2v) is 6.63. The summed E-state index contributed by atoms with van der Waals surface area (Å²) in [5, 5.41) is 4.97. The molecule has 0 fully saturated rings. The van der Waals surface area contributed by atoms with Crippen LogP contribution in [0.5, 0.6) is 17.2 Å². The van der Waals surface area contributed by atoms with E-state index < -0.39 is 0 Å². The third-order valence-electron chi connectivity index (χ3n) is 4.82. The Morgan fingerprint density at radius 3 is 2.57 bits per heavy atom. The van der Waals surface area contributed by atoms with Crippen LogP contribution in [0, 0.1) is 0 Å². The summed E-state index contributed by atoms with van der Waals surface area (Å²) in [7, 11) is 1.56. The second-order valence-electron chi connectivity index (χ2n) is 6.63. The van der Waals surface area contributed by atoms with Crippen molar-refractivity contribution >= 4 is 17.1 Å². The van der Waals surface area contributed by atoms with Gasteiger partial charge >= 0.3 is 0 Å². The number of para-hydroxylation sites is 1. The van der Waals surface area contributed by atoms with E-state index >= 15 is 0 Å². The van der Waals surface area contributed by atoms with Crippen molar-refractivity contribution in [3.8, 4) is 28.6 Å². The number of rotatable bonds is 4. The highest BCUT2D eigenvalue weighted by Gasteiger charge is 2.17. The highest BCUT2D eigenvalue weighted by atomic mass is 16.7. The average Bonchev–Trinajstić information content (AvgIpc) is 3.25. The lowest BCUT2D eigenvalue weighted by atomic mass is 10.2. The Kier molecular flexibility index (Phi) is 4.40. The molecule has 0 amide bonds. The standard InChI is InChI=1S/C23H17N3O4/c1-28-19-12-21-20(29-14-30-21)11-16(19)13-24-26-22(15-7-3-2-4-8-15)25-18-10-6-5-9-17(18)23(26)27/h2-13H,14H2,1H3. The summed E-state index contributed by atoms with van der Waals surface area (Å²) in [6.07, 6.45) is 1.56. The van der Waals surface area contributed by atoms with Gasteiger partial charge in [0.15, 0.2) is 17.3 Å². The van der Waals surface area contributed by atoms with Gasteiger partial charge in [-0.05, 0) is 18.2 Å². The van der Waals surface area contributed by atoms with Crippen LogP contribution in [0.4, 0.5) is 0 Å². The van der Waals surface area contributed by atoms with E-state index in [1.807, 2.05) is 48.5 Å². The molecule has 2 heterocycles. The smallest absolute Gasteiger partial charge is 0.282 e. The summed E-state index contributed by atoms with van der Waals surface area (Å²) in [6, 6.07) is 20.2. The van der Waals surface area contributed by atoms with Crippen molar-refractivity contribution in [2.45, 2.75) is 0 Å². The van der Waals surface area contributed by atoms with Crippen molar-refractivity contribution in [3.63, 3.8) is 0 Å². The maximum Gasteiger partial charge on any atom is 0.282 e. The molecule has 3 aromatic carbocycles. The molecule has 4 aromatic rings. The normalized spacial score (nSPS) is 12.6. The predicted octanol–water partition coefficient (Wildman–Crippen LogP) is 3.68. The van der Waals surface area contributed by atoms with Crippen LogP contribution in [-0.4, -0.2) is 29.8 Å². The van der Waals surface area contributed by atoms with Crippen LogP contribution in [0.25, 0.3) is 22.3 Å². The number of nitrogens with zero attached hydrogens (tertiary/aromatic N) is 3. The van der Waals surface area contributed by atoms with Gasteiger partial charge in [0.2, 0.25) is 6.79 Å². The highest BCUT2D eigenvalue weighted by Crippen LogP contribution is 2.37. The molecule has 5 rings (SSSR count). The quantitative estimate of drug-likeness (QED) is 0.490. The maximum atomic E-state index is 13.2. The molecule has 0 bridgehead atoms. The van der Waals surface area contributed by atoms with Crippen LogP contribution in [-0.2, 0) is 0 Å². The Labute approximate surface area is 171 Å². The van der Waals surface area contributed by atoms with Gasteiger partial charge in [-0.15, -0.1) is 0 Å². The topological polar surface area (TPSA) is 74.9 Å². The van der Waals surface area contributed by atoms with Gasteiger partial charge in [0.05, 0.1) is 24.2 Å². The monoisotopic (exact) mass is 399 g/mol. The number of fused-ring (bicyclic) bond motifs is 2. The van der Waals surface area contributed by atoms with E-state index in [2.05, 4.69) is 5.10 Å². The summed E-state index contributed by atoms with van der Waals surface area (Å²) in [4.78, 5) is 17.9. The van der Waals surface area contributed by atoms with Crippen LogP contribution >= 0.6 is 0 Å². The van der Waals surface area contributed by atoms with Crippen molar-refractivity contribution in [1.82, 2.24) is 9.66 Å².